The number of aryl methyl sites for hydroxylation is 1. The summed E-state index contributed by atoms with van der Waals surface area (Å²) in [7, 11) is 0. The molecule has 0 aliphatic rings. The molecule has 128 valence electrons. The Morgan fingerprint density at radius 1 is 1.12 bits per heavy atom. The van der Waals surface area contributed by atoms with Gasteiger partial charge in [-0.05, 0) is 55.3 Å². The molecule has 0 fully saturated rings. The van der Waals surface area contributed by atoms with E-state index in [1.807, 2.05) is 6.20 Å². The Balaban J connectivity index is 1.58. The van der Waals surface area contributed by atoms with E-state index in [4.69, 9.17) is 4.74 Å². The maximum atomic E-state index is 12.2. The van der Waals surface area contributed by atoms with Crippen molar-refractivity contribution < 1.29 is 14.3 Å². The average Bonchev–Trinajstić information content (AvgIpc) is 2.97. The zero-order chi connectivity index (χ0) is 17.8. The summed E-state index contributed by atoms with van der Waals surface area (Å²) in [6.07, 6.45) is 2.74. The first-order chi connectivity index (χ1) is 12.0. The predicted molar refractivity (Wildman–Crippen MR) is 96.8 cm³/mol. The van der Waals surface area contributed by atoms with E-state index < -0.39 is 0 Å². The molecule has 1 amide bonds. The molecule has 0 saturated heterocycles. The third-order valence-electron chi connectivity index (χ3n) is 3.98. The van der Waals surface area contributed by atoms with Crippen LogP contribution < -0.4 is 10.1 Å². The number of rotatable bonds is 5. The van der Waals surface area contributed by atoms with Gasteiger partial charge in [0.25, 0.3) is 5.91 Å². The van der Waals surface area contributed by atoms with Crippen LogP contribution in [-0.4, -0.2) is 23.4 Å². The maximum absolute atomic E-state index is 12.2. The molecule has 0 unspecified atom stereocenters. The molecular weight excluding hydrogens is 316 g/mol. The van der Waals surface area contributed by atoms with Gasteiger partial charge in [0, 0.05) is 36.1 Å². The molecule has 25 heavy (non-hydrogen) atoms. The van der Waals surface area contributed by atoms with Crippen LogP contribution in [0.4, 0.5) is 0 Å². The molecule has 5 nitrogen and oxygen atoms in total. The molecule has 3 rings (SSSR count). The maximum Gasteiger partial charge on any atom is 0.308 e. The van der Waals surface area contributed by atoms with Crippen molar-refractivity contribution in [2.75, 3.05) is 6.54 Å². The van der Waals surface area contributed by atoms with E-state index >= 15 is 0 Å². The lowest BCUT2D eigenvalue weighted by molar-refractivity contribution is -0.131. The van der Waals surface area contributed by atoms with Crippen LogP contribution in [0.2, 0.25) is 0 Å². The Hall–Kier alpha value is -3.08. The first kappa shape index (κ1) is 16.8. The molecular formula is C20H20N2O3. The lowest BCUT2D eigenvalue weighted by Crippen LogP contribution is -2.25. The van der Waals surface area contributed by atoms with Gasteiger partial charge < -0.3 is 15.0 Å². The second-order valence-corrected chi connectivity index (χ2v) is 5.99. The van der Waals surface area contributed by atoms with Gasteiger partial charge >= 0.3 is 5.97 Å². The minimum atomic E-state index is -0.383. The number of ether oxygens (including phenoxy) is 1. The number of H-pyrrole nitrogens is 1. The highest BCUT2D eigenvalue weighted by molar-refractivity contribution is 5.94. The molecule has 1 aromatic heterocycles. The van der Waals surface area contributed by atoms with Crippen molar-refractivity contribution in [3.8, 4) is 5.75 Å². The molecule has 0 saturated carbocycles. The molecule has 0 aliphatic heterocycles. The summed E-state index contributed by atoms with van der Waals surface area (Å²) in [5.74, 6) is -0.102. The molecule has 2 N–H and O–H groups in total. The number of nitrogens with one attached hydrogen (secondary N) is 2. The van der Waals surface area contributed by atoms with Crippen LogP contribution in [0.15, 0.2) is 48.7 Å². The summed E-state index contributed by atoms with van der Waals surface area (Å²) in [5.41, 5.74) is 4.04. The van der Waals surface area contributed by atoms with E-state index in [0.717, 1.165) is 11.9 Å². The number of carbonyl (C=O) groups excluding carboxylic acids is 2. The fourth-order valence-electron chi connectivity index (χ4n) is 2.75. The Morgan fingerprint density at radius 3 is 2.60 bits per heavy atom. The first-order valence-corrected chi connectivity index (χ1v) is 8.16. The Kier molecular flexibility index (Phi) is 4.84. The van der Waals surface area contributed by atoms with Gasteiger partial charge in [-0.1, -0.05) is 11.6 Å². The quantitative estimate of drug-likeness (QED) is 0.554. The third kappa shape index (κ3) is 4.07. The highest BCUT2D eigenvalue weighted by Crippen LogP contribution is 2.20. The molecule has 0 spiro atoms. The highest BCUT2D eigenvalue weighted by atomic mass is 16.5. The Labute approximate surface area is 146 Å². The van der Waals surface area contributed by atoms with E-state index in [0.29, 0.717) is 17.9 Å². The average molecular weight is 336 g/mol. The summed E-state index contributed by atoms with van der Waals surface area (Å²) in [6, 6.07) is 12.8. The molecule has 0 bridgehead atoms. The third-order valence-corrected chi connectivity index (χ3v) is 3.98. The monoisotopic (exact) mass is 336 g/mol. The Bertz CT molecular complexity index is 910. The van der Waals surface area contributed by atoms with E-state index in [2.05, 4.69) is 35.4 Å². The van der Waals surface area contributed by atoms with Crippen LogP contribution in [0.5, 0.6) is 5.75 Å². The van der Waals surface area contributed by atoms with Crippen molar-refractivity contribution in [1.82, 2.24) is 10.3 Å². The van der Waals surface area contributed by atoms with Crippen molar-refractivity contribution >= 4 is 22.8 Å². The highest BCUT2D eigenvalue weighted by Gasteiger charge is 2.08. The van der Waals surface area contributed by atoms with Gasteiger partial charge in [0.1, 0.15) is 5.75 Å². The van der Waals surface area contributed by atoms with Gasteiger partial charge in [0.2, 0.25) is 0 Å². The number of esters is 1. The van der Waals surface area contributed by atoms with Crippen molar-refractivity contribution in [2.24, 2.45) is 0 Å². The topological polar surface area (TPSA) is 71.2 Å². The zero-order valence-electron chi connectivity index (χ0n) is 14.3. The van der Waals surface area contributed by atoms with Gasteiger partial charge in [-0.3, -0.25) is 9.59 Å². The van der Waals surface area contributed by atoms with Gasteiger partial charge in [-0.25, -0.2) is 0 Å². The molecule has 0 aliphatic carbocycles. The lowest BCUT2D eigenvalue weighted by Gasteiger charge is -2.06. The van der Waals surface area contributed by atoms with E-state index in [1.54, 1.807) is 24.3 Å². The van der Waals surface area contributed by atoms with Crippen molar-refractivity contribution in [3.05, 3.63) is 65.4 Å². The first-order valence-electron chi connectivity index (χ1n) is 8.16. The SMILES string of the molecule is CC(=O)Oc1ccc(C(=O)NCCc2c[nH]c3ccc(C)cc23)cc1. The zero-order valence-corrected chi connectivity index (χ0v) is 14.3. The molecule has 3 aromatic rings. The minimum Gasteiger partial charge on any atom is -0.427 e. The predicted octanol–water partition coefficient (Wildman–Crippen LogP) is 3.37. The smallest absolute Gasteiger partial charge is 0.308 e. The number of hydrogen-bond acceptors (Lipinski definition) is 3. The van der Waals surface area contributed by atoms with Crippen LogP contribution >= 0.6 is 0 Å². The van der Waals surface area contributed by atoms with Gasteiger partial charge in [-0.2, -0.15) is 0 Å². The van der Waals surface area contributed by atoms with Gasteiger partial charge in [0.15, 0.2) is 0 Å². The number of amides is 1. The fourth-order valence-corrected chi connectivity index (χ4v) is 2.75. The second-order valence-electron chi connectivity index (χ2n) is 5.99. The Morgan fingerprint density at radius 2 is 1.88 bits per heavy atom. The summed E-state index contributed by atoms with van der Waals surface area (Å²) in [5, 5.41) is 4.11. The van der Waals surface area contributed by atoms with Crippen LogP contribution in [0.1, 0.15) is 28.4 Å². The molecule has 0 radical (unpaired) electrons. The molecule has 5 heteroatoms. The van der Waals surface area contributed by atoms with E-state index in [-0.39, 0.29) is 11.9 Å². The number of aromatic amines is 1. The van der Waals surface area contributed by atoms with Crippen molar-refractivity contribution in [1.29, 1.82) is 0 Å². The molecule has 1 heterocycles. The standard InChI is InChI=1S/C20H20N2O3/c1-13-3-8-19-18(11-13)16(12-22-19)9-10-21-20(24)15-4-6-17(7-5-15)25-14(2)23/h3-8,11-12,22H,9-10H2,1-2H3,(H,21,24). The number of aromatic nitrogens is 1. The molecule has 2 aromatic carbocycles. The van der Waals surface area contributed by atoms with Gasteiger partial charge in [0.05, 0.1) is 0 Å². The van der Waals surface area contributed by atoms with E-state index in [1.165, 1.54) is 23.4 Å². The van der Waals surface area contributed by atoms with E-state index in [9.17, 15) is 9.59 Å². The molecule has 0 atom stereocenters. The summed E-state index contributed by atoms with van der Waals surface area (Å²) in [6.45, 7) is 3.95. The summed E-state index contributed by atoms with van der Waals surface area (Å²) >= 11 is 0. The van der Waals surface area contributed by atoms with Crippen LogP contribution in [-0.2, 0) is 11.2 Å². The second kappa shape index (κ2) is 7.21. The lowest BCUT2D eigenvalue weighted by atomic mass is 10.1. The minimum absolute atomic E-state index is 0.148. The van der Waals surface area contributed by atoms with Crippen LogP contribution in [0.3, 0.4) is 0 Å². The van der Waals surface area contributed by atoms with Crippen molar-refractivity contribution in [3.63, 3.8) is 0 Å². The fraction of sp³-hybridized carbons (Fsp3) is 0.200. The normalized spacial score (nSPS) is 10.6. The number of carbonyl (C=O) groups is 2. The number of hydrogen-bond donors (Lipinski definition) is 2. The largest absolute Gasteiger partial charge is 0.427 e. The van der Waals surface area contributed by atoms with Crippen LogP contribution in [0, 0.1) is 6.92 Å². The number of benzene rings is 2. The number of fused-ring (bicyclic) bond motifs is 1. The summed E-state index contributed by atoms with van der Waals surface area (Å²) < 4.78 is 4.96. The van der Waals surface area contributed by atoms with Crippen molar-refractivity contribution in [2.45, 2.75) is 20.3 Å². The summed E-state index contributed by atoms with van der Waals surface area (Å²) in [4.78, 5) is 26.3. The van der Waals surface area contributed by atoms with Gasteiger partial charge in [-0.15, -0.1) is 0 Å². The van der Waals surface area contributed by atoms with Crippen LogP contribution in [0.25, 0.3) is 10.9 Å².